The van der Waals surface area contributed by atoms with E-state index >= 15 is 0 Å². The maximum Gasteiger partial charge on any atom is 0.274 e. The molecule has 8 nitrogen and oxygen atoms in total. The van der Waals surface area contributed by atoms with Crippen molar-refractivity contribution in [1.82, 2.24) is 24.7 Å². The molecule has 154 valence electrons. The average Bonchev–Trinajstić information content (AvgIpc) is 3.47. The lowest BCUT2D eigenvalue weighted by molar-refractivity contribution is -0.0610. The summed E-state index contributed by atoms with van der Waals surface area (Å²) in [5.41, 5.74) is 2.93. The number of ether oxygens (including phenoxy) is 1. The van der Waals surface area contributed by atoms with Crippen LogP contribution in [0.5, 0.6) is 0 Å². The topological polar surface area (TPSA) is 94.8 Å². The molecule has 1 N–H and O–H groups in total. The fraction of sp³-hybridized carbons (Fsp3) is 0.409. The molecular weight excluding hydrogens is 380 g/mol. The van der Waals surface area contributed by atoms with Crippen molar-refractivity contribution in [3.63, 3.8) is 0 Å². The van der Waals surface area contributed by atoms with E-state index in [9.17, 15) is 4.79 Å². The lowest BCUT2D eigenvalue weighted by atomic mass is 9.75. The van der Waals surface area contributed by atoms with E-state index in [0.29, 0.717) is 24.8 Å². The number of hydrogen-bond acceptors (Lipinski definition) is 6. The monoisotopic (exact) mass is 404 g/mol. The molecule has 0 radical (unpaired) electrons. The van der Waals surface area contributed by atoms with Crippen molar-refractivity contribution in [1.29, 1.82) is 0 Å². The van der Waals surface area contributed by atoms with E-state index in [1.54, 1.807) is 12.4 Å². The van der Waals surface area contributed by atoms with E-state index in [4.69, 9.17) is 4.74 Å². The second-order valence-corrected chi connectivity index (χ2v) is 8.37. The number of aromatic nitrogens is 5. The Kier molecular flexibility index (Phi) is 4.58. The molecule has 5 rings (SSSR count). The molecule has 2 aliphatic rings. The molecular formula is C22H24N6O2. The summed E-state index contributed by atoms with van der Waals surface area (Å²) in [4.78, 5) is 21.8. The van der Waals surface area contributed by atoms with Crippen LogP contribution in [0, 0.1) is 6.92 Å². The number of rotatable bonds is 6. The first-order chi connectivity index (χ1) is 14.5. The van der Waals surface area contributed by atoms with Crippen molar-refractivity contribution < 1.29 is 9.53 Å². The Morgan fingerprint density at radius 2 is 2.10 bits per heavy atom. The molecule has 1 saturated carbocycles. The van der Waals surface area contributed by atoms with Crippen LogP contribution in [-0.2, 0) is 23.6 Å². The second-order valence-electron chi connectivity index (χ2n) is 8.37. The van der Waals surface area contributed by atoms with E-state index in [2.05, 4.69) is 31.5 Å². The molecule has 1 amide bonds. The summed E-state index contributed by atoms with van der Waals surface area (Å²) in [6, 6.07) is 9.69. The van der Waals surface area contributed by atoms with Crippen molar-refractivity contribution in [2.24, 2.45) is 7.05 Å². The molecule has 3 aromatic rings. The highest BCUT2D eigenvalue weighted by atomic mass is 16.5. The number of nitrogens with one attached hydrogen (secondary N) is 1. The van der Waals surface area contributed by atoms with Crippen LogP contribution in [0.4, 0.5) is 5.69 Å². The number of benzene rings is 1. The Bertz CT molecular complexity index is 1100. The number of carbonyl (C=O) groups excluding carboxylic acids is 1. The van der Waals surface area contributed by atoms with Crippen molar-refractivity contribution in [3.8, 4) is 0 Å². The van der Waals surface area contributed by atoms with Crippen LogP contribution < -0.4 is 5.32 Å². The van der Waals surface area contributed by atoms with E-state index in [-0.39, 0.29) is 11.3 Å². The average molecular weight is 404 g/mol. The number of amides is 1. The Morgan fingerprint density at radius 3 is 2.77 bits per heavy atom. The number of carbonyl (C=O) groups is 1. The molecule has 3 heterocycles. The maximum atomic E-state index is 12.9. The number of anilines is 1. The largest absolute Gasteiger partial charge is 0.379 e. The lowest BCUT2D eigenvalue weighted by Crippen LogP contribution is -2.49. The molecule has 2 aromatic heterocycles. The summed E-state index contributed by atoms with van der Waals surface area (Å²) in [5, 5.41) is 11.2. The molecule has 1 aliphatic carbocycles. The molecule has 0 spiro atoms. The second kappa shape index (κ2) is 7.28. The highest BCUT2D eigenvalue weighted by molar-refractivity contribution is 6.03. The minimum Gasteiger partial charge on any atom is -0.379 e. The van der Waals surface area contributed by atoms with Gasteiger partial charge in [0, 0.05) is 36.2 Å². The molecule has 30 heavy (non-hydrogen) atoms. The van der Waals surface area contributed by atoms with Crippen molar-refractivity contribution in [2.45, 2.75) is 37.5 Å². The number of nitrogens with zero attached hydrogens (tertiary/aromatic N) is 5. The van der Waals surface area contributed by atoms with Crippen LogP contribution in [0.1, 0.15) is 52.2 Å². The predicted octanol–water partition coefficient (Wildman–Crippen LogP) is 2.55. The van der Waals surface area contributed by atoms with Gasteiger partial charge < -0.3 is 14.6 Å². The van der Waals surface area contributed by atoms with Crippen LogP contribution in [0.15, 0.2) is 36.7 Å². The first-order valence-corrected chi connectivity index (χ1v) is 10.2. The van der Waals surface area contributed by atoms with Crippen LogP contribution >= 0.6 is 0 Å². The summed E-state index contributed by atoms with van der Waals surface area (Å²) in [7, 11) is 1.94. The summed E-state index contributed by atoms with van der Waals surface area (Å²) >= 11 is 0. The molecule has 1 aliphatic heterocycles. The zero-order valence-electron chi connectivity index (χ0n) is 17.1. The van der Waals surface area contributed by atoms with Gasteiger partial charge in [0.25, 0.3) is 5.91 Å². The predicted molar refractivity (Wildman–Crippen MR) is 110 cm³/mol. The Hall–Kier alpha value is -3.13. The van der Waals surface area contributed by atoms with E-state index in [1.165, 1.54) is 0 Å². The van der Waals surface area contributed by atoms with Gasteiger partial charge in [0.15, 0.2) is 0 Å². The van der Waals surface area contributed by atoms with Gasteiger partial charge in [0.1, 0.15) is 23.7 Å². The summed E-state index contributed by atoms with van der Waals surface area (Å²) in [6.45, 7) is 3.14. The van der Waals surface area contributed by atoms with Gasteiger partial charge in [-0.2, -0.15) is 0 Å². The number of aryl methyl sites for hydroxylation is 2. The summed E-state index contributed by atoms with van der Waals surface area (Å²) in [5.74, 6) is 1.88. The van der Waals surface area contributed by atoms with Crippen LogP contribution in [0.2, 0.25) is 0 Å². The third-order valence-corrected chi connectivity index (χ3v) is 5.84. The van der Waals surface area contributed by atoms with Crippen molar-refractivity contribution in [3.05, 3.63) is 65.3 Å². The van der Waals surface area contributed by atoms with Gasteiger partial charge in [-0.1, -0.05) is 12.1 Å². The van der Waals surface area contributed by atoms with E-state index < -0.39 is 0 Å². The summed E-state index contributed by atoms with van der Waals surface area (Å²) in [6.07, 6.45) is 4.64. The zero-order valence-corrected chi connectivity index (χ0v) is 17.1. The first kappa shape index (κ1) is 18.9. The SMILES string of the molecule is Cc1cc(C(=O)Nc2cccc(C3(Cc4nncn4C)COC3)c2)nc(C2CC2)n1. The van der Waals surface area contributed by atoms with Crippen LogP contribution in [0.3, 0.4) is 0 Å². The van der Waals surface area contributed by atoms with Crippen molar-refractivity contribution in [2.75, 3.05) is 18.5 Å². The molecule has 0 atom stereocenters. The Morgan fingerprint density at radius 1 is 1.27 bits per heavy atom. The summed E-state index contributed by atoms with van der Waals surface area (Å²) < 4.78 is 7.50. The maximum absolute atomic E-state index is 12.9. The van der Waals surface area contributed by atoms with Gasteiger partial charge in [-0.05, 0) is 43.5 Å². The van der Waals surface area contributed by atoms with E-state index in [1.807, 2.05) is 36.7 Å². The molecule has 1 saturated heterocycles. The van der Waals surface area contributed by atoms with Gasteiger partial charge in [-0.25, -0.2) is 9.97 Å². The van der Waals surface area contributed by atoms with Gasteiger partial charge in [-0.3, -0.25) is 4.79 Å². The Balaban J connectivity index is 1.37. The van der Waals surface area contributed by atoms with Gasteiger partial charge in [-0.15, -0.1) is 10.2 Å². The molecule has 2 fully saturated rings. The minimum atomic E-state index is -0.216. The molecule has 8 heteroatoms. The standard InChI is InChI=1S/C22H24N6O2/c1-14-8-18(26-20(24-14)15-6-7-15)21(29)25-17-5-3-4-16(9-17)22(11-30-12-22)10-19-27-23-13-28(19)2/h3-5,8-9,13,15H,6-7,10-12H2,1-2H3,(H,25,29). The zero-order chi connectivity index (χ0) is 20.7. The molecule has 0 unspecified atom stereocenters. The highest BCUT2D eigenvalue weighted by Gasteiger charge is 2.41. The fourth-order valence-corrected chi connectivity index (χ4v) is 3.84. The minimum absolute atomic E-state index is 0.161. The number of hydrogen-bond donors (Lipinski definition) is 1. The van der Waals surface area contributed by atoms with Crippen LogP contribution in [-0.4, -0.2) is 43.9 Å². The third kappa shape index (κ3) is 3.59. The van der Waals surface area contributed by atoms with Gasteiger partial charge in [0.05, 0.1) is 13.2 Å². The van der Waals surface area contributed by atoms with Crippen molar-refractivity contribution >= 4 is 11.6 Å². The highest BCUT2D eigenvalue weighted by Crippen LogP contribution is 2.38. The van der Waals surface area contributed by atoms with Crippen LogP contribution in [0.25, 0.3) is 0 Å². The normalized spacial score (nSPS) is 17.4. The fourth-order valence-electron chi connectivity index (χ4n) is 3.84. The quantitative estimate of drug-likeness (QED) is 0.678. The lowest BCUT2D eigenvalue weighted by Gasteiger charge is -2.41. The van der Waals surface area contributed by atoms with Gasteiger partial charge in [0.2, 0.25) is 0 Å². The van der Waals surface area contributed by atoms with Gasteiger partial charge >= 0.3 is 0 Å². The Labute approximate surface area is 174 Å². The molecule has 1 aromatic carbocycles. The first-order valence-electron chi connectivity index (χ1n) is 10.2. The smallest absolute Gasteiger partial charge is 0.274 e. The third-order valence-electron chi connectivity index (χ3n) is 5.84. The molecule has 0 bridgehead atoms. The van der Waals surface area contributed by atoms with E-state index in [0.717, 1.165) is 47.9 Å².